The van der Waals surface area contributed by atoms with E-state index in [1.165, 1.54) is 37.3 Å². The van der Waals surface area contributed by atoms with Crippen molar-refractivity contribution in [1.29, 1.82) is 0 Å². The SMILES string of the molecule is Cc1c(F)cc(C2CCC(c3ccc(OCCCCCC(C=C(F)F)CCCCCOc4ccc(C5CCC(c6cc(F)c(S(F)(F)(F)(F)F)c(F)c6)OC5)c(F)c4)cc3F)CO2)cc1F. The summed E-state index contributed by atoms with van der Waals surface area (Å²) in [7, 11) is -10.6. The van der Waals surface area contributed by atoms with E-state index in [4.69, 9.17) is 18.9 Å². The molecule has 364 valence electrons. The maximum Gasteiger partial charge on any atom is 0.315 e. The van der Waals surface area contributed by atoms with Gasteiger partial charge in [0.05, 0.1) is 38.6 Å². The predicted molar refractivity (Wildman–Crippen MR) is 225 cm³/mol. The minimum Gasteiger partial charge on any atom is -0.493 e. The lowest BCUT2D eigenvalue weighted by atomic mass is 9.89. The third-order valence-corrected chi connectivity index (χ3v) is 13.3. The smallest absolute Gasteiger partial charge is 0.315 e. The monoisotopic (exact) mass is 970 g/mol. The van der Waals surface area contributed by atoms with E-state index in [1.807, 2.05) is 0 Å². The van der Waals surface area contributed by atoms with E-state index in [-0.39, 0.29) is 79.1 Å². The first-order chi connectivity index (χ1) is 31.1. The molecule has 4 aromatic carbocycles. The lowest BCUT2D eigenvalue weighted by molar-refractivity contribution is 0.00128. The van der Waals surface area contributed by atoms with E-state index >= 15 is 8.78 Å². The van der Waals surface area contributed by atoms with Gasteiger partial charge in [-0.1, -0.05) is 57.2 Å². The average molecular weight is 971 g/mol. The summed E-state index contributed by atoms with van der Waals surface area (Å²) in [6.45, 7) is 1.96. The minimum atomic E-state index is -10.6. The van der Waals surface area contributed by atoms with E-state index in [0.717, 1.165) is 6.08 Å². The first-order valence-corrected chi connectivity index (χ1v) is 23.8. The molecule has 2 heterocycles. The lowest BCUT2D eigenvalue weighted by Gasteiger charge is -2.40. The zero-order chi connectivity index (χ0) is 47.9. The van der Waals surface area contributed by atoms with Crippen molar-refractivity contribution in [1.82, 2.24) is 0 Å². The molecule has 2 fully saturated rings. The van der Waals surface area contributed by atoms with E-state index in [0.29, 0.717) is 87.7 Å². The van der Waals surface area contributed by atoms with Crippen LogP contribution >= 0.6 is 10.2 Å². The van der Waals surface area contributed by atoms with Gasteiger partial charge in [-0.15, -0.1) is 0 Å². The third kappa shape index (κ3) is 13.8. The predicted octanol–water partition coefficient (Wildman–Crippen LogP) is 16.7. The number of benzene rings is 4. The van der Waals surface area contributed by atoms with Gasteiger partial charge in [0.15, 0.2) is 4.90 Å². The van der Waals surface area contributed by atoms with Crippen LogP contribution in [0.1, 0.15) is 129 Å². The van der Waals surface area contributed by atoms with Crippen molar-refractivity contribution in [2.45, 2.75) is 113 Å². The maximum atomic E-state index is 15.1. The molecule has 2 aliphatic rings. The summed E-state index contributed by atoms with van der Waals surface area (Å²) >= 11 is 0. The number of hydrogen-bond acceptors (Lipinski definition) is 4. The second-order valence-corrected chi connectivity index (χ2v) is 19.4. The van der Waals surface area contributed by atoms with Crippen LogP contribution in [0.5, 0.6) is 11.5 Å². The number of halogens is 13. The Balaban J connectivity index is 0.846. The van der Waals surface area contributed by atoms with Gasteiger partial charge >= 0.3 is 10.2 Å². The Morgan fingerprint density at radius 1 is 0.576 bits per heavy atom. The Morgan fingerprint density at radius 2 is 1.00 bits per heavy atom. The summed E-state index contributed by atoms with van der Waals surface area (Å²) in [6, 6.07) is 11.8. The molecule has 4 aromatic rings. The molecule has 0 aliphatic carbocycles. The molecule has 2 aliphatic heterocycles. The minimum absolute atomic E-state index is 0.0236. The molecule has 0 aromatic heterocycles. The molecule has 4 nitrogen and oxygen atoms in total. The number of rotatable bonds is 20. The normalized spacial score (nSPS) is 20.6. The number of allylic oxidation sites excluding steroid dienone is 1. The van der Waals surface area contributed by atoms with Gasteiger partial charge in [-0.25, -0.2) is 26.3 Å². The van der Waals surface area contributed by atoms with Crippen LogP contribution in [0.25, 0.3) is 0 Å². The quantitative estimate of drug-likeness (QED) is 0.0653. The van der Waals surface area contributed by atoms with Crippen molar-refractivity contribution in [3.8, 4) is 11.5 Å². The van der Waals surface area contributed by atoms with Crippen molar-refractivity contribution in [3.63, 3.8) is 0 Å². The standard InChI is InChI=1S/C48H51F13O4S/c1-29-39(49)21-33(22-40(29)50)45-16-10-31(27-64-45)37-14-12-35(25-41(37)51)62-18-6-2-4-8-30(20-47(55)56)9-5-3-7-19-63-36-13-15-38(42(52)26-36)32-11-17-46(65-28-32)34-23-43(53)48(44(54)24-34)66(57,58,59,60)61/h12-15,20-26,30-32,45-46H,2-11,16-19,27-28H2,1H3. The fourth-order valence-electron chi connectivity index (χ4n) is 8.60. The Bertz CT molecular complexity index is 2280. The van der Waals surface area contributed by atoms with Crippen molar-refractivity contribution in [2.75, 3.05) is 26.4 Å². The fraction of sp³-hybridized carbons (Fsp3) is 0.458. The molecular weight excluding hydrogens is 920 g/mol. The summed E-state index contributed by atoms with van der Waals surface area (Å²) in [6.07, 6.45) is 3.93. The number of unbranched alkanes of at least 4 members (excludes halogenated alkanes) is 4. The number of ether oxygens (including phenoxy) is 4. The molecule has 18 heteroatoms. The molecule has 0 spiro atoms. The van der Waals surface area contributed by atoms with Crippen LogP contribution in [0.4, 0.5) is 54.6 Å². The summed E-state index contributed by atoms with van der Waals surface area (Å²) in [5.41, 5.74) is 0.699. The Kier molecular flexibility index (Phi) is 16.1. The molecule has 0 radical (unpaired) electrons. The highest BCUT2D eigenvalue weighted by molar-refractivity contribution is 8.45. The zero-order valence-corrected chi connectivity index (χ0v) is 36.8. The van der Waals surface area contributed by atoms with Gasteiger partial charge in [-0.05, 0) is 129 Å². The van der Waals surface area contributed by atoms with Crippen molar-refractivity contribution >= 4 is 10.2 Å². The van der Waals surface area contributed by atoms with Crippen LogP contribution < -0.4 is 9.47 Å². The number of hydrogen-bond donors (Lipinski definition) is 0. The highest BCUT2D eigenvalue weighted by atomic mass is 32.5. The highest BCUT2D eigenvalue weighted by Crippen LogP contribution is 3.02. The van der Waals surface area contributed by atoms with Crippen LogP contribution in [0.2, 0.25) is 0 Å². The topological polar surface area (TPSA) is 36.9 Å². The van der Waals surface area contributed by atoms with E-state index in [2.05, 4.69) is 0 Å². The van der Waals surface area contributed by atoms with E-state index < -0.39 is 74.2 Å². The fourth-order valence-corrected chi connectivity index (χ4v) is 9.46. The van der Waals surface area contributed by atoms with Crippen LogP contribution in [-0.2, 0) is 9.47 Å². The van der Waals surface area contributed by atoms with Gasteiger partial charge in [-0.2, -0.15) is 8.78 Å². The molecule has 0 saturated carbocycles. The first-order valence-electron chi connectivity index (χ1n) is 21.9. The Morgan fingerprint density at radius 3 is 1.36 bits per heavy atom. The molecular formula is C48H51F13O4S. The summed E-state index contributed by atoms with van der Waals surface area (Å²) < 4.78 is 201. The third-order valence-electron chi connectivity index (χ3n) is 12.2. The summed E-state index contributed by atoms with van der Waals surface area (Å²) in [5.74, 6) is -7.67. The second-order valence-electron chi connectivity index (χ2n) is 17.1. The molecule has 0 bridgehead atoms. The molecule has 0 N–H and O–H groups in total. The van der Waals surface area contributed by atoms with Gasteiger partial charge in [-0.3, -0.25) is 0 Å². The van der Waals surface area contributed by atoms with Gasteiger partial charge in [0.25, 0.3) is 6.08 Å². The first kappa shape index (κ1) is 51.0. The average Bonchev–Trinajstić information content (AvgIpc) is 3.23. The van der Waals surface area contributed by atoms with Crippen molar-refractivity contribution in [2.24, 2.45) is 5.92 Å². The van der Waals surface area contributed by atoms with Crippen molar-refractivity contribution in [3.05, 3.63) is 136 Å². The second kappa shape index (κ2) is 20.8. The van der Waals surface area contributed by atoms with E-state index in [9.17, 15) is 45.8 Å². The molecule has 0 amide bonds. The van der Waals surface area contributed by atoms with Gasteiger partial charge < -0.3 is 18.9 Å². The van der Waals surface area contributed by atoms with Crippen LogP contribution in [0, 0.1) is 47.7 Å². The lowest BCUT2D eigenvalue weighted by Crippen LogP contribution is -2.21. The largest absolute Gasteiger partial charge is 0.493 e. The summed E-state index contributed by atoms with van der Waals surface area (Å²) in [5, 5.41) is 0. The Labute approximate surface area is 375 Å². The molecule has 6 rings (SSSR count). The van der Waals surface area contributed by atoms with Crippen LogP contribution in [0.15, 0.2) is 77.7 Å². The van der Waals surface area contributed by atoms with E-state index in [1.54, 1.807) is 18.2 Å². The van der Waals surface area contributed by atoms with Gasteiger partial charge in [0, 0.05) is 29.5 Å². The highest BCUT2D eigenvalue weighted by Gasteiger charge is 2.69. The molecule has 5 unspecified atom stereocenters. The summed E-state index contributed by atoms with van der Waals surface area (Å²) in [4.78, 5) is -3.21. The Hall–Kier alpha value is -4.42. The molecule has 66 heavy (non-hydrogen) atoms. The van der Waals surface area contributed by atoms with Crippen molar-refractivity contribution < 1.29 is 73.5 Å². The van der Waals surface area contributed by atoms with Gasteiger partial charge in [0.1, 0.15) is 46.4 Å². The zero-order valence-electron chi connectivity index (χ0n) is 36.0. The van der Waals surface area contributed by atoms with Crippen LogP contribution in [-0.4, -0.2) is 26.4 Å². The molecule has 5 atom stereocenters. The van der Waals surface area contributed by atoms with Gasteiger partial charge in [0.2, 0.25) is 0 Å². The van der Waals surface area contributed by atoms with Crippen LogP contribution in [0.3, 0.4) is 0 Å². The maximum absolute atomic E-state index is 15.1. The molecule has 2 saturated heterocycles.